The molecule has 17 rings (SSSR count). The Hall–Kier alpha value is -8.93. The number of rotatable bonds is 6. The fraction of sp³-hybridized carbons (Fsp3) is 0.0789. The fourth-order valence-electron chi connectivity index (χ4n) is 14.8. The Morgan fingerprint density at radius 2 is 1.14 bits per heavy atom. The molecule has 0 amide bonds. The topological polar surface area (TPSA) is 16.4 Å². The molecule has 3 unspecified atom stereocenters. The van der Waals surface area contributed by atoms with Gasteiger partial charge in [0.15, 0.2) is 0 Å². The predicted octanol–water partition coefficient (Wildman–Crippen LogP) is 21.4. The zero-order valence-electron chi connectivity index (χ0n) is 44.2. The number of furan rings is 1. The minimum absolute atomic E-state index is 0.233. The van der Waals surface area contributed by atoms with E-state index in [2.05, 4.69) is 280 Å². The van der Waals surface area contributed by atoms with E-state index in [0.717, 1.165) is 50.1 Å². The second-order valence-electron chi connectivity index (χ2n) is 22.6. The molecule has 3 aliphatic carbocycles. The molecule has 0 radical (unpaired) electrons. The Balaban J connectivity index is 0.938. The van der Waals surface area contributed by atoms with E-state index in [0.29, 0.717) is 0 Å². The summed E-state index contributed by atoms with van der Waals surface area (Å²) in [6.45, 7) is 4.90. The van der Waals surface area contributed by atoms with Crippen molar-refractivity contribution in [1.29, 1.82) is 0 Å². The van der Waals surface area contributed by atoms with E-state index in [1.54, 1.807) is 0 Å². The first-order valence-electron chi connectivity index (χ1n) is 27.9. The molecule has 3 atom stereocenters. The smallest absolute Gasteiger partial charge is 0.143 e. The zero-order chi connectivity index (χ0) is 52.8. The van der Waals surface area contributed by atoms with Crippen LogP contribution >= 0.6 is 23.1 Å². The molecule has 1 spiro atoms. The van der Waals surface area contributed by atoms with Gasteiger partial charge in [0.1, 0.15) is 11.2 Å². The molecule has 0 bridgehead atoms. The summed E-state index contributed by atoms with van der Waals surface area (Å²) in [6.07, 6.45) is 9.48. The highest BCUT2D eigenvalue weighted by Gasteiger charge is 2.56. The quantitative estimate of drug-likeness (QED) is 0.165. The van der Waals surface area contributed by atoms with Gasteiger partial charge in [-0.15, -0.1) is 11.3 Å². The lowest BCUT2D eigenvalue weighted by Gasteiger charge is -2.44. The molecule has 0 saturated heterocycles. The SMILES string of the molecule is CC1(C)c2ccccc2-c2c(-c3cccc4c3Sc3ccccc3C43c4ccccc4C4C=CC=CC43)ccc(N(c3ccc4c(c3)sc3ccccc34)c3cc(-c4ccc(-c5ccccc5)cc4)c4oc5ccccc5c4c3)c21. The summed E-state index contributed by atoms with van der Waals surface area (Å²) in [4.78, 5) is 5.24. The van der Waals surface area contributed by atoms with Gasteiger partial charge in [0.2, 0.25) is 0 Å². The molecule has 2 aromatic heterocycles. The van der Waals surface area contributed by atoms with Gasteiger partial charge in [-0.05, 0) is 121 Å². The van der Waals surface area contributed by atoms with Gasteiger partial charge in [-0.25, -0.2) is 0 Å². The van der Waals surface area contributed by atoms with Crippen LogP contribution in [0.3, 0.4) is 0 Å². The molecule has 378 valence electrons. The Morgan fingerprint density at radius 1 is 0.450 bits per heavy atom. The minimum atomic E-state index is -0.383. The second kappa shape index (κ2) is 17.3. The van der Waals surface area contributed by atoms with Gasteiger partial charge in [0.05, 0.1) is 11.1 Å². The molecule has 0 fully saturated rings. The van der Waals surface area contributed by atoms with Crippen LogP contribution in [-0.4, -0.2) is 0 Å². The average Bonchev–Trinajstić information content (AvgIpc) is 3.56. The number of benzene rings is 11. The van der Waals surface area contributed by atoms with Crippen molar-refractivity contribution in [3.05, 3.63) is 294 Å². The van der Waals surface area contributed by atoms with Crippen molar-refractivity contribution in [2.24, 2.45) is 5.92 Å². The summed E-state index contributed by atoms with van der Waals surface area (Å²) in [7, 11) is 0. The normalized spacial score (nSPS) is 17.9. The predicted molar refractivity (Wildman–Crippen MR) is 337 cm³/mol. The van der Waals surface area contributed by atoms with Crippen molar-refractivity contribution in [3.8, 4) is 44.5 Å². The van der Waals surface area contributed by atoms with E-state index in [4.69, 9.17) is 4.42 Å². The lowest BCUT2D eigenvalue weighted by atomic mass is 9.62. The molecule has 0 saturated carbocycles. The Bertz CT molecular complexity index is 4800. The van der Waals surface area contributed by atoms with E-state index >= 15 is 0 Å². The average molecular weight is 1060 g/mol. The third kappa shape index (κ3) is 6.43. The van der Waals surface area contributed by atoms with Crippen molar-refractivity contribution in [3.63, 3.8) is 0 Å². The monoisotopic (exact) mass is 1060 g/mol. The molecule has 4 heteroatoms. The summed E-state index contributed by atoms with van der Waals surface area (Å²) in [5, 5.41) is 4.76. The Morgan fingerprint density at radius 3 is 2.02 bits per heavy atom. The van der Waals surface area contributed by atoms with Crippen molar-refractivity contribution in [1.82, 2.24) is 0 Å². The molecule has 4 aliphatic rings. The molecular weight excluding hydrogens is 1010 g/mol. The van der Waals surface area contributed by atoms with Gasteiger partial charge in [0.25, 0.3) is 0 Å². The summed E-state index contributed by atoms with van der Waals surface area (Å²) in [5.41, 5.74) is 22.3. The lowest BCUT2D eigenvalue weighted by molar-refractivity contribution is 0.442. The largest absolute Gasteiger partial charge is 0.455 e. The highest BCUT2D eigenvalue weighted by Crippen LogP contribution is 2.67. The maximum atomic E-state index is 6.93. The first-order chi connectivity index (χ1) is 39.4. The van der Waals surface area contributed by atoms with Crippen LogP contribution in [0, 0.1) is 5.92 Å². The standard InChI is InChI=1S/C76H51NOS2/c1-75(2)61-27-11-8-25-58(61)71-56(57-26-18-31-65-74(57)80-69-34-17-14-30-64(69)76(65)62-28-12-6-21-51(62)52-22-7-13-29-63(52)76)41-42-66(72(71)75)77(49-39-40-55-54-24-10-16-33-68(54)79-70(55)45-49)50-43-59(73-60(44-50)53-23-9-15-32-67(53)78-73)48-37-35-47(36-38-48)46-19-4-3-5-20-46/h3-45,51,62H,1-2H3. The molecule has 11 aromatic carbocycles. The number of fused-ring (bicyclic) bond motifs is 18. The van der Waals surface area contributed by atoms with Gasteiger partial charge in [0, 0.05) is 74.9 Å². The fourth-order valence-corrected chi connectivity index (χ4v) is 17.3. The van der Waals surface area contributed by atoms with Crippen molar-refractivity contribution in [2.45, 2.75) is 40.4 Å². The van der Waals surface area contributed by atoms with Gasteiger partial charge in [-0.1, -0.05) is 238 Å². The Labute approximate surface area is 473 Å². The van der Waals surface area contributed by atoms with Crippen LogP contribution in [0.5, 0.6) is 0 Å². The van der Waals surface area contributed by atoms with Crippen molar-refractivity contribution in [2.75, 3.05) is 4.90 Å². The van der Waals surface area contributed by atoms with Crippen LogP contribution in [-0.2, 0) is 10.8 Å². The van der Waals surface area contributed by atoms with Crippen LogP contribution in [0.4, 0.5) is 17.1 Å². The Kier molecular flexibility index (Phi) is 9.94. The van der Waals surface area contributed by atoms with Crippen molar-refractivity contribution >= 4 is 82.3 Å². The number of thiophene rings is 1. The number of allylic oxidation sites excluding steroid dienone is 4. The third-order valence-corrected chi connectivity index (χ3v) is 20.6. The zero-order valence-corrected chi connectivity index (χ0v) is 45.8. The highest BCUT2D eigenvalue weighted by molar-refractivity contribution is 7.99. The van der Waals surface area contributed by atoms with Gasteiger partial charge in [-0.3, -0.25) is 0 Å². The molecule has 0 N–H and O–H groups in total. The summed E-state index contributed by atoms with van der Waals surface area (Å²) >= 11 is 3.82. The van der Waals surface area contributed by atoms with E-state index in [1.807, 2.05) is 23.1 Å². The van der Waals surface area contributed by atoms with E-state index in [-0.39, 0.29) is 22.7 Å². The number of para-hydroxylation sites is 1. The van der Waals surface area contributed by atoms with Crippen LogP contribution < -0.4 is 4.90 Å². The number of hydrogen-bond donors (Lipinski definition) is 0. The van der Waals surface area contributed by atoms with Crippen molar-refractivity contribution < 1.29 is 4.42 Å². The summed E-state index contributed by atoms with van der Waals surface area (Å²) in [5.74, 6) is 0.517. The van der Waals surface area contributed by atoms with Gasteiger partial charge < -0.3 is 9.32 Å². The minimum Gasteiger partial charge on any atom is -0.455 e. The lowest BCUT2D eigenvalue weighted by Crippen LogP contribution is -2.37. The van der Waals surface area contributed by atoms with Crippen LogP contribution in [0.1, 0.15) is 53.1 Å². The first kappa shape index (κ1) is 46.0. The molecule has 3 heterocycles. The third-order valence-electron chi connectivity index (χ3n) is 18.2. The van der Waals surface area contributed by atoms with Gasteiger partial charge in [-0.2, -0.15) is 0 Å². The van der Waals surface area contributed by atoms with Crippen LogP contribution in [0.2, 0.25) is 0 Å². The van der Waals surface area contributed by atoms with E-state index in [9.17, 15) is 0 Å². The first-order valence-corrected chi connectivity index (χ1v) is 29.5. The number of anilines is 3. The molecule has 1 aliphatic heterocycles. The highest BCUT2D eigenvalue weighted by atomic mass is 32.2. The second-order valence-corrected chi connectivity index (χ2v) is 24.7. The van der Waals surface area contributed by atoms with E-state index in [1.165, 1.54) is 96.7 Å². The molecule has 80 heavy (non-hydrogen) atoms. The number of nitrogens with zero attached hydrogens (tertiary/aromatic N) is 1. The van der Waals surface area contributed by atoms with E-state index < -0.39 is 0 Å². The molecule has 13 aromatic rings. The van der Waals surface area contributed by atoms with Crippen LogP contribution in [0.15, 0.2) is 275 Å². The van der Waals surface area contributed by atoms with Gasteiger partial charge >= 0.3 is 0 Å². The summed E-state index contributed by atoms with van der Waals surface area (Å²) in [6, 6.07) is 88.8. The number of hydrogen-bond acceptors (Lipinski definition) is 4. The maximum Gasteiger partial charge on any atom is 0.143 e. The maximum absolute atomic E-state index is 6.93. The summed E-state index contributed by atoms with van der Waals surface area (Å²) < 4.78 is 9.48. The molecule has 2 nitrogen and oxygen atoms in total. The van der Waals surface area contributed by atoms with Crippen LogP contribution in [0.25, 0.3) is 86.6 Å². The molecular formula is C76H51NOS2.